The van der Waals surface area contributed by atoms with Gasteiger partial charge >= 0.3 is 0 Å². The summed E-state index contributed by atoms with van der Waals surface area (Å²) in [5, 5.41) is 21.9. The van der Waals surface area contributed by atoms with E-state index in [2.05, 4.69) is 20.5 Å². The number of H-pyrrole nitrogens is 1. The van der Waals surface area contributed by atoms with Crippen LogP contribution in [0.5, 0.6) is 5.75 Å². The van der Waals surface area contributed by atoms with E-state index in [1.807, 2.05) is 31.2 Å². The molecule has 0 atom stereocenters. The van der Waals surface area contributed by atoms with Gasteiger partial charge in [-0.25, -0.2) is 4.98 Å². The SMILES string of the molecule is CCOc1ccc(-c2cc(C(=O)NCCCOC)c3c(-c4cccc([N+](=O)[O-])c4)[nH]nc3n2)cc1. The fourth-order valence-corrected chi connectivity index (χ4v) is 3.74. The van der Waals surface area contributed by atoms with Crippen LogP contribution in [0.1, 0.15) is 23.7 Å². The first-order valence-corrected chi connectivity index (χ1v) is 11.2. The molecule has 2 aromatic carbocycles. The molecule has 0 radical (unpaired) electrons. The molecule has 0 unspecified atom stereocenters. The zero-order valence-corrected chi connectivity index (χ0v) is 19.4. The number of aromatic amines is 1. The van der Waals surface area contributed by atoms with Crippen molar-refractivity contribution < 1.29 is 19.2 Å². The minimum atomic E-state index is -0.465. The number of ether oxygens (including phenoxy) is 2. The molecule has 180 valence electrons. The van der Waals surface area contributed by atoms with Crippen molar-refractivity contribution >= 4 is 22.6 Å². The van der Waals surface area contributed by atoms with Crippen molar-refractivity contribution in [3.05, 3.63) is 70.3 Å². The lowest BCUT2D eigenvalue weighted by Crippen LogP contribution is -2.25. The van der Waals surface area contributed by atoms with Gasteiger partial charge in [0, 0.05) is 43.5 Å². The Labute approximate surface area is 201 Å². The zero-order valence-electron chi connectivity index (χ0n) is 19.4. The highest BCUT2D eigenvalue weighted by atomic mass is 16.6. The number of fused-ring (bicyclic) bond motifs is 1. The first kappa shape index (κ1) is 23.8. The number of rotatable bonds is 10. The smallest absolute Gasteiger partial charge is 0.270 e. The number of hydrogen-bond acceptors (Lipinski definition) is 7. The number of nitrogens with zero attached hydrogens (tertiary/aromatic N) is 3. The molecule has 10 heteroatoms. The maximum absolute atomic E-state index is 13.3. The Bertz CT molecular complexity index is 1350. The van der Waals surface area contributed by atoms with Gasteiger partial charge in [0.15, 0.2) is 5.65 Å². The van der Waals surface area contributed by atoms with Gasteiger partial charge in [0.05, 0.1) is 33.9 Å². The Morgan fingerprint density at radius 2 is 1.94 bits per heavy atom. The molecule has 2 N–H and O–H groups in total. The monoisotopic (exact) mass is 475 g/mol. The number of pyridine rings is 1. The molecule has 1 amide bonds. The molecule has 0 fully saturated rings. The Hall–Kier alpha value is -4.31. The number of amides is 1. The maximum atomic E-state index is 13.3. The average Bonchev–Trinajstić information content (AvgIpc) is 3.31. The van der Waals surface area contributed by atoms with Crippen LogP contribution in [0.4, 0.5) is 5.69 Å². The molecule has 35 heavy (non-hydrogen) atoms. The second-order valence-electron chi connectivity index (χ2n) is 7.72. The fraction of sp³-hybridized carbons (Fsp3) is 0.240. The molecule has 0 bridgehead atoms. The molecule has 4 aromatic rings. The summed E-state index contributed by atoms with van der Waals surface area (Å²) in [6.07, 6.45) is 0.658. The van der Waals surface area contributed by atoms with Crippen molar-refractivity contribution in [2.24, 2.45) is 0 Å². The van der Waals surface area contributed by atoms with Gasteiger partial charge in [-0.3, -0.25) is 20.0 Å². The summed E-state index contributed by atoms with van der Waals surface area (Å²) in [5.41, 5.74) is 3.02. The molecular formula is C25H25N5O5. The van der Waals surface area contributed by atoms with Gasteiger partial charge in [-0.2, -0.15) is 5.10 Å². The van der Waals surface area contributed by atoms with Gasteiger partial charge in [0.25, 0.3) is 11.6 Å². The van der Waals surface area contributed by atoms with Gasteiger partial charge in [0.1, 0.15) is 5.75 Å². The quantitative estimate of drug-likeness (QED) is 0.198. The predicted octanol–water partition coefficient (Wildman–Crippen LogP) is 4.37. The van der Waals surface area contributed by atoms with Crippen LogP contribution in [0.3, 0.4) is 0 Å². The van der Waals surface area contributed by atoms with Crippen LogP contribution in [0.2, 0.25) is 0 Å². The van der Waals surface area contributed by atoms with Crippen molar-refractivity contribution in [1.82, 2.24) is 20.5 Å². The Balaban J connectivity index is 1.81. The fourth-order valence-electron chi connectivity index (χ4n) is 3.74. The largest absolute Gasteiger partial charge is 0.494 e. The van der Waals surface area contributed by atoms with E-state index in [4.69, 9.17) is 9.47 Å². The zero-order chi connectivity index (χ0) is 24.8. The van der Waals surface area contributed by atoms with Crippen molar-refractivity contribution in [2.75, 3.05) is 26.9 Å². The first-order chi connectivity index (χ1) is 17.0. The lowest BCUT2D eigenvalue weighted by Gasteiger charge is -2.10. The Morgan fingerprint density at radius 3 is 2.66 bits per heavy atom. The van der Waals surface area contributed by atoms with Gasteiger partial charge in [-0.15, -0.1) is 0 Å². The van der Waals surface area contributed by atoms with E-state index >= 15 is 0 Å². The number of carbonyl (C=O) groups excluding carboxylic acids is 1. The Kier molecular flexibility index (Phi) is 7.32. The second-order valence-corrected chi connectivity index (χ2v) is 7.72. The van der Waals surface area contributed by atoms with E-state index in [0.717, 1.165) is 11.3 Å². The highest BCUT2D eigenvalue weighted by Gasteiger charge is 2.21. The molecule has 10 nitrogen and oxygen atoms in total. The average molecular weight is 476 g/mol. The minimum absolute atomic E-state index is 0.0604. The third-order valence-electron chi connectivity index (χ3n) is 5.39. The summed E-state index contributed by atoms with van der Waals surface area (Å²) < 4.78 is 10.6. The molecule has 4 rings (SSSR count). The molecule has 0 saturated carbocycles. The molecule has 2 heterocycles. The second kappa shape index (κ2) is 10.7. The molecule has 0 aliphatic carbocycles. The van der Waals surface area contributed by atoms with Gasteiger partial charge in [-0.05, 0) is 43.7 Å². The lowest BCUT2D eigenvalue weighted by atomic mass is 10.0. The van der Waals surface area contributed by atoms with Crippen LogP contribution < -0.4 is 10.1 Å². The number of nitro groups is 1. The molecule has 0 spiro atoms. The predicted molar refractivity (Wildman–Crippen MR) is 131 cm³/mol. The van der Waals surface area contributed by atoms with E-state index in [0.29, 0.717) is 59.7 Å². The van der Waals surface area contributed by atoms with E-state index in [-0.39, 0.29) is 11.6 Å². The van der Waals surface area contributed by atoms with E-state index < -0.39 is 4.92 Å². The van der Waals surface area contributed by atoms with Crippen molar-refractivity contribution in [2.45, 2.75) is 13.3 Å². The number of non-ortho nitro benzene ring substituents is 1. The normalized spacial score (nSPS) is 10.9. The van der Waals surface area contributed by atoms with Crippen LogP contribution in [0.15, 0.2) is 54.6 Å². The van der Waals surface area contributed by atoms with Gasteiger partial charge in [0.2, 0.25) is 0 Å². The number of carbonyl (C=O) groups is 1. The van der Waals surface area contributed by atoms with Crippen molar-refractivity contribution in [1.29, 1.82) is 0 Å². The third-order valence-corrected chi connectivity index (χ3v) is 5.39. The number of hydrogen-bond donors (Lipinski definition) is 2. The van der Waals surface area contributed by atoms with Crippen LogP contribution in [0.25, 0.3) is 33.5 Å². The van der Waals surface area contributed by atoms with E-state index in [9.17, 15) is 14.9 Å². The standard InChI is InChI=1S/C25H25N5O5/c1-3-35-19-10-8-16(9-11-19)21-15-20(25(31)26-12-5-13-34-2)22-23(28-29-24(22)27-21)17-6-4-7-18(14-17)30(32)33/h4,6-11,14-15H,3,5,12-13H2,1-2H3,(H,26,31)(H,27,28,29). The Morgan fingerprint density at radius 1 is 1.14 bits per heavy atom. The third kappa shape index (κ3) is 5.28. The van der Waals surface area contributed by atoms with Crippen LogP contribution in [-0.4, -0.2) is 52.9 Å². The number of nitro benzene ring substituents is 1. The van der Waals surface area contributed by atoms with Gasteiger partial charge in [-0.1, -0.05) is 12.1 Å². The molecule has 2 aromatic heterocycles. The lowest BCUT2D eigenvalue weighted by molar-refractivity contribution is -0.384. The molecule has 0 aliphatic rings. The first-order valence-electron chi connectivity index (χ1n) is 11.2. The van der Waals surface area contributed by atoms with Crippen LogP contribution in [0, 0.1) is 10.1 Å². The highest BCUT2D eigenvalue weighted by molar-refractivity contribution is 6.11. The number of aromatic nitrogens is 3. The molecular weight excluding hydrogens is 450 g/mol. The summed E-state index contributed by atoms with van der Waals surface area (Å²) in [5.74, 6) is 0.440. The summed E-state index contributed by atoms with van der Waals surface area (Å²) in [7, 11) is 1.61. The van der Waals surface area contributed by atoms with Crippen molar-refractivity contribution in [3.63, 3.8) is 0 Å². The summed E-state index contributed by atoms with van der Waals surface area (Å²) in [6.45, 7) is 3.43. The number of nitrogens with one attached hydrogen (secondary N) is 2. The van der Waals surface area contributed by atoms with E-state index in [1.54, 1.807) is 25.3 Å². The molecule has 0 saturated heterocycles. The van der Waals surface area contributed by atoms with Crippen LogP contribution in [-0.2, 0) is 4.74 Å². The van der Waals surface area contributed by atoms with Crippen molar-refractivity contribution in [3.8, 4) is 28.3 Å². The minimum Gasteiger partial charge on any atom is -0.494 e. The highest BCUT2D eigenvalue weighted by Crippen LogP contribution is 2.33. The summed E-state index contributed by atoms with van der Waals surface area (Å²) in [6, 6.07) is 15.3. The summed E-state index contributed by atoms with van der Waals surface area (Å²) >= 11 is 0. The summed E-state index contributed by atoms with van der Waals surface area (Å²) in [4.78, 5) is 28.7. The topological polar surface area (TPSA) is 132 Å². The number of methoxy groups -OCH3 is 1. The van der Waals surface area contributed by atoms with Crippen LogP contribution >= 0.6 is 0 Å². The number of benzene rings is 2. The van der Waals surface area contributed by atoms with E-state index in [1.165, 1.54) is 12.1 Å². The molecule has 0 aliphatic heterocycles. The van der Waals surface area contributed by atoms with Gasteiger partial charge < -0.3 is 14.8 Å². The maximum Gasteiger partial charge on any atom is 0.270 e.